The maximum absolute atomic E-state index is 6.04. The van der Waals surface area contributed by atoms with Gasteiger partial charge in [-0.1, -0.05) is 13.8 Å². The molecule has 0 spiro atoms. The molecular weight excluding hydrogens is 212 g/mol. The minimum Gasteiger partial charge on any atom is -0.394 e. The molecule has 1 aromatic heterocycles. The maximum Gasteiger partial charge on any atom is 0.148 e. The molecule has 17 heavy (non-hydrogen) atoms. The highest BCUT2D eigenvalue weighted by Gasteiger charge is 2.13. The Morgan fingerprint density at radius 2 is 1.94 bits per heavy atom. The van der Waals surface area contributed by atoms with Crippen LogP contribution in [-0.4, -0.2) is 15.8 Å². The van der Waals surface area contributed by atoms with Crippen molar-refractivity contribution < 1.29 is 0 Å². The first-order valence-electron chi connectivity index (χ1n) is 6.55. The summed E-state index contributed by atoms with van der Waals surface area (Å²) < 4.78 is 1.94. The molecule has 4 nitrogen and oxygen atoms in total. The molecule has 0 aliphatic heterocycles. The van der Waals surface area contributed by atoms with Crippen molar-refractivity contribution in [2.24, 2.45) is 5.92 Å². The van der Waals surface area contributed by atoms with Crippen LogP contribution in [-0.2, 0) is 6.54 Å². The minimum absolute atomic E-state index is 0.432. The van der Waals surface area contributed by atoms with Crippen molar-refractivity contribution >= 4 is 11.5 Å². The van der Waals surface area contributed by atoms with Gasteiger partial charge in [0.05, 0.1) is 11.4 Å². The Morgan fingerprint density at radius 3 is 2.47 bits per heavy atom. The van der Waals surface area contributed by atoms with Gasteiger partial charge in [0, 0.05) is 12.6 Å². The Hall–Kier alpha value is -1.19. The average Bonchev–Trinajstić information content (AvgIpc) is 2.54. The Bertz CT molecular complexity index is 355. The number of nitrogen functional groups attached to an aromatic ring is 1. The van der Waals surface area contributed by atoms with Crippen LogP contribution in [0.2, 0.25) is 0 Å². The zero-order valence-corrected chi connectivity index (χ0v) is 11.7. The summed E-state index contributed by atoms with van der Waals surface area (Å²) in [6.45, 7) is 11.6. The fourth-order valence-electron chi connectivity index (χ4n) is 1.87. The standard InChI is InChI=1S/C13H26N4/c1-6-17-13(12(14)11(5)16-17)15-10(4)8-7-9(2)3/h9-10,15H,6-8,14H2,1-5H3. The predicted octanol–water partition coefficient (Wildman–Crippen LogP) is 3.03. The first kappa shape index (κ1) is 13.9. The third-order valence-corrected chi connectivity index (χ3v) is 3.03. The number of hydrogen-bond acceptors (Lipinski definition) is 3. The molecule has 1 unspecified atom stereocenters. The fourth-order valence-corrected chi connectivity index (χ4v) is 1.87. The van der Waals surface area contributed by atoms with Crippen molar-refractivity contribution in [1.82, 2.24) is 9.78 Å². The Morgan fingerprint density at radius 1 is 1.29 bits per heavy atom. The number of aryl methyl sites for hydroxylation is 2. The summed E-state index contributed by atoms with van der Waals surface area (Å²) >= 11 is 0. The molecule has 3 N–H and O–H groups in total. The summed E-state index contributed by atoms with van der Waals surface area (Å²) in [7, 11) is 0. The van der Waals surface area contributed by atoms with Crippen LogP contribution in [0.25, 0.3) is 0 Å². The summed E-state index contributed by atoms with van der Waals surface area (Å²) in [5.74, 6) is 1.72. The molecule has 1 heterocycles. The van der Waals surface area contributed by atoms with Crippen LogP contribution < -0.4 is 11.1 Å². The van der Waals surface area contributed by atoms with Gasteiger partial charge in [0.2, 0.25) is 0 Å². The van der Waals surface area contributed by atoms with Crippen LogP contribution in [0.3, 0.4) is 0 Å². The van der Waals surface area contributed by atoms with Crippen LogP contribution in [0.15, 0.2) is 0 Å². The van der Waals surface area contributed by atoms with E-state index in [1.165, 1.54) is 6.42 Å². The van der Waals surface area contributed by atoms with Crippen molar-refractivity contribution in [1.29, 1.82) is 0 Å². The number of nitrogens with one attached hydrogen (secondary N) is 1. The molecule has 1 rings (SSSR count). The smallest absolute Gasteiger partial charge is 0.148 e. The average molecular weight is 238 g/mol. The molecule has 0 amide bonds. The van der Waals surface area contributed by atoms with Crippen molar-refractivity contribution in [3.8, 4) is 0 Å². The van der Waals surface area contributed by atoms with Gasteiger partial charge in [-0.25, -0.2) is 4.68 Å². The SMILES string of the molecule is CCn1nc(C)c(N)c1NC(C)CCC(C)C. The van der Waals surface area contributed by atoms with E-state index in [-0.39, 0.29) is 0 Å². The van der Waals surface area contributed by atoms with Gasteiger partial charge in [0.1, 0.15) is 5.82 Å². The molecule has 98 valence electrons. The quantitative estimate of drug-likeness (QED) is 0.801. The molecular formula is C13H26N4. The molecule has 0 fully saturated rings. The normalized spacial score (nSPS) is 13.1. The van der Waals surface area contributed by atoms with Crippen LogP contribution in [0, 0.1) is 12.8 Å². The lowest BCUT2D eigenvalue weighted by Crippen LogP contribution is -2.19. The van der Waals surface area contributed by atoms with E-state index in [1.807, 2.05) is 11.6 Å². The molecule has 0 aromatic carbocycles. The summed E-state index contributed by atoms with van der Waals surface area (Å²) in [6, 6.07) is 0.432. The van der Waals surface area contributed by atoms with Crippen molar-refractivity contribution in [3.05, 3.63) is 5.69 Å². The van der Waals surface area contributed by atoms with E-state index in [1.54, 1.807) is 0 Å². The van der Waals surface area contributed by atoms with E-state index >= 15 is 0 Å². The van der Waals surface area contributed by atoms with Gasteiger partial charge >= 0.3 is 0 Å². The van der Waals surface area contributed by atoms with Gasteiger partial charge < -0.3 is 11.1 Å². The van der Waals surface area contributed by atoms with E-state index in [2.05, 4.69) is 38.1 Å². The van der Waals surface area contributed by atoms with E-state index in [9.17, 15) is 0 Å². The Kier molecular flexibility index (Phi) is 4.85. The van der Waals surface area contributed by atoms with Gasteiger partial charge in [-0.2, -0.15) is 5.10 Å². The van der Waals surface area contributed by atoms with Crippen molar-refractivity contribution in [3.63, 3.8) is 0 Å². The summed E-state index contributed by atoms with van der Waals surface area (Å²) in [5.41, 5.74) is 7.73. The number of nitrogens with zero attached hydrogens (tertiary/aromatic N) is 2. The summed E-state index contributed by atoms with van der Waals surface area (Å²) in [5, 5.41) is 7.89. The number of rotatable bonds is 6. The van der Waals surface area contributed by atoms with Gasteiger partial charge in [0.15, 0.2) is 0 Å². The lowest BCUT2D eigenvalue weighted by atomic mass is 10.0. The number of nitrogens with two attached hydrogens (primary N) is 1. The summed E-state index contributed by atoms with van der Waals surface area (Å²) in [6.07, 6.45) is 2.39. The van der Waals surface area contributed by atoms with Gasteiger partial charge in [-0.15, -0.1) is 0 Å². The Labute approximate surface area is 105 Å². The number of hydrogen-bond donors (Lipinski definition) is 2. The lowest BCUT2D eigenvalue weighted by Gasteiger charge is -2.17. The molecule has 0 aliphatic carbocycles. The third-order valence-electron chi connectivity index (χ3n) is 3.03. The largest absolute Gasteiger partial charge is 0.394 e. The number of anilines is 2. The monoisotopic (exact) mass is 238 g/mol. The first-order chi connectivity index (χ1) is 7.95. The van der Waals surface area contributed by atoms with Crippen molar-refractivity contribution in [2.45, 2.75) is 60.0 Å². The molecule has 0 saturated heterocycles. The van der Waals surface area contributed by atoms with Crippen LogP contribution in [0.1, 0.15) is 46.2 Å². The second-order valence-electron chi connectivity index (χ2n) is 5.18. The maximum atomic E-state index is 6.04. The van der Waals surface area contributed by atoms with Crippen molar-refractivity contribution in [2.75, 3.05) is 11.1 Å². The summed E-state index contributed by atoms with van der Waals surface area (Å²) in [4.78, 5) is 0. The molecule has 1 atom stereocenters. The fraction of sp³-hybridized carbons (Fsp3) is 0.769. The lowest BCUT2D eigenvalue weighted by molar-refractivity contribution is 0.524. The van der Waals surface area contributed by atoms with E-state index in [4.69, 9.17) is 5.73 Å². The van der Waals surface area contributed by atoms with E-state index in [0.29, 0.717) is 6.04 Å². The minimum atomic E-state index is 0.432. The zero-order chi connectivity index (χ0) is 13.0. The highest BCUT2D eigenvalue weighted by atomic mass is 15.3. The first-order valence-corrected chi connectivity index (χ1v) is 6.55. The molecule has 0 aliphatic rings. The van der Waals surface area contributed by atoms with Crippen LogP contribution >= 0.6 is 0 Å². The van der Waals surface area contributed by atoms with E-state index < -0.39 is 0 Å². The predicted molar refractivity (Wildman–Crippen MR) is 74.2 cm³/mol. The molecule has 1 aromatic rings. The zero-order valence-electron chi connectivity index (χ0n) is 11.7. The van der Waals surface area contributed by atoms with Crippen LogP contribution in [0.5, 0.6) is 0 Å². The van der Waals surface area contributed by atoms with Gasteiger partial charge in [-0.05, 0) is 39.5 Å². The highest BCUT2D eigenvalue weighted by Crippen LogP contribution is 2.23. The molecule has 0 radical (unpaired) electrons. The van der Waals surface area contributed by atoms with Gasteiger partial charge in [0.25, 0.3) is 0 Å². The number of aromatic nitrogens is 2. The van der Waals surface area contributed by atoms with E-state index in [0.717, 1.165) is 36.1 Å². The molecule has 0 bridgehead atoms. The highest BCUT2D eigenvalue weighted by molar-refractivity contribution is 5.65. The second-order valence-corrected chi connectivity index (χ2v) is 5.18. The Balaban J connectivity index is 2.67. The van der Waals surface area contributed by atoms with Gasteiger partial charge in [-0.3, -0.25) is 0 Å². The topological polar surface area (TPSA) is 55.9 Å². The molecule has 4 heteroatoms. The molecule has 0 saturated carbocycles. The second kappa shape index (κ2) is 5.94. The van der Waals surface area contributed by atoms with Crippen LogP contribution in [0.4, 0.5) is 11.5 Å². The third kappa shape index (κ3) is 3.65.